The van der Waals surface area contributed by atoms with E-state index in [1.807, 2.05) is 13.8 Å². The largest absolute Gasteiger partial charge is 0.481 e. The fourth-order valence-corrected chi connectivity index (χ4v) is 8.60. The van der Waals surface area contributed by atoms with E-state index in [4.69, 9.17) is 29.5 Å². The minimum Gasteiger partial charge on any atom is -0.481 e. The second-order valence-corrected chi connectivity index (χ2v) is 15.3. The summed E-state index contributed by atoms with van der Waals surface area (Å²) in [6.07, 6.45) is 9.49. The number of nitrogens with zero attached hydrogens (tertiary/aromatic N) is 8. The molecule has 15 heteroatoms. The molecule has 2 aliphatic rings. The molecule has 4 aromatic rings. The van der Waals surface area contributed by atoms with Crippen molar-refractivity contribution in [2.24, 2.45) is 5.92 Å². The number of unbranched alkanes of at least 4 members (excludes halogenated alkanes) is 3. The number of aliphatic carboxylic acids is 1. The molecule has 4 aromatic heterocycles. The standard InChI is InChI=1S/C36H47N9O5S/c1-22(2)29(33(46)47)26-19-28(42-49-26)48-18-8-6-5-7-15-44-16-10-17-45(23(3)21-44)35-39-14-12-25(40-35)32-41-34(50-43-32)36(4)13-9-11-27-30(36)24(20-37)31(38)51-27/h12,14,19,22-23,29H,5-11,13,15-18,21,38H2,1-4H3,(H,46,47)/t23-,29?,36-/m0/s1. The maximum Gasteiger partial charge on any atom is 0.314 e. The summed E-state index contributed by atoms with van der Waals surface area (Å²) in [5.41, 5.74) is 7.67. The molecule has 0 aromatic carbocycles. The summed E-state index contributed by atoms with van der Waals surface area (Å²) >= 11 is 1.48. The lowest BCUT2D eigenvalue weighted by molar-refractivity contribution is -0.140. The lowest BCUT2D eigenvalue weighted by Crippen LogP contribution is -2.40. The fraction of sp³-hybridized carbons (Fsp3) is 0.583. The summed E-state index contributed by atoms with van der Waals surface area (Å²) in [4.78, 5) is 31.8. The Hall–Kier alpha value is -4.55. The summed E-state index contributed by atoms with van der Waals surface area (Å²) in [5.74, 6) is 0.415. The number of thiophene rings is 1. The fourth-order valence-electron chi connectivity index (χ4n) is 7.41. The Labute approximate surface area is 302 Å². The molecule has 5 heterocycles. The zero-order valence-corrected chi connectivity index (χ0v) is 30.6. The van der Waals surface area contributed by atoms with Crippen LogP contribution in [0.5, 0.6) is 5.88 Å². The van der Waals surface area contributed by atoms with Gasteiger partial charge in [-0.25, -0.2) is 9.97 Å². The molecule has 1 aliphatic heterocycles. The molecular weight excluding hydrogens is 671 g/mol. The minimum atomic E-state index is -0.928. The van der Waals surface area contributed by atoms with Crippen LogP contribution >= 0.6 is 11.3 Å². The summed E-state index contributed by atoms with van der Waals surface area (Å²) < 4.78 is 16.8. The number of nitriles is 1. The van der Waals surface area contributed by atoms with Crippen molar-refractivity contribution in [3.8, 4) is 23.5 Å². The Bertz CT molecular complexity index is 1850. The van der Waals surface area contributed by atoms with Gasteiger partial charge in [-0.05, 0) is 82.6 Å². The molecule has 1 unspecified atom stereocenters. The van der Waals surface area contributed by atoms with E-state index in [0.29, 0.717) is 52.2 Å². The molecule has 1 fully saturated rings. The van der Waals surface area contributed by atoms with E-state index in [9.17, 15) is 15.2 Å². The van der Waals surface area contributed by atoms with Gasteiger partial charge in [-0.1, -0.05) is 31.8 Å². The molecule has 6 rings (SSSR count). The number of nitrogens with two attached hydrogens (primary N) is 1. The number of fused-ring (bicyclic) bond motifs is 1. The molecule has 1 saturated heterocycles. The first-order chi connectivity index (χ1) is 24.6. The van der Waals surface area contributed by atoms with Crippen molar-refractivity contribution in [2.45, 2.75) is 96.4 Å². The molecule has 51 heavy (non-hydrogen) atoms. The quantitative estimate of drug-likeness (QED) is 0.143. The van der Waals surface area contributed by atoms with Crippen LogP contribution in [-0.4, -0.2) is 80.1 Å². The van der Waals surface area contributed by atoms with Gasteiger partial charge < -0.3 is 34.4 Å². The molecule has 3 atom stereocenters. The van der Waals surface area contributed by atoms with Crippen molar-refractivity contribution < 1.29 is 23.7 Å². The molecule has 0 spiro atoms. The molecule has 1 aliphatic carbocycles. The van der Waals surface area contributed by atoms with E-state index < -0.39 is 17.3 Å². The molecule has 272 valence electrons. The number of aromatic nitrogens is 5. The second-order valence-electron chi connectivity index (χ2n) is 14.2. The third-order valence-corrected chi connectivity index (χ3v) is 11.2. The Balaban J connectivity index is 0.986. The van der Waals surface area contributed by atoms with Crippen molar-refractivity contribution in [3.05, 3.63) is 46.0 Å². The Morgan fingerprint density at radius 2 is 2.02 bits per heavy atom. The third kappa shape index (κ3) is 7.86. The highest BCUT2D eigenvalue weighted by atomic mass is 32.1. The normalized spacial score (nSPS) is 20.2. The van der Waals surface area contributed by atoms with Gasteiger partial charge in [0.1, 0.15) is 22.7 Å². The maximum atomic E-state index is 11.5. The lowest BCUT2D eigenvalue weighted by atomic mass is 9.72. The molecular formula is C36H47N9O5S. The Morgan fingerprint density at radius 3 is 2.80 bits per heavy atom. The van der Waals surface area contributed by atoms with Crippen LogP contribution in [0.4, 0.5) is 10.9 Å². The highest BCUT2D eigenvalue weighted by Crippen LogP contribution is 2.48. The van der Waals surface area contributed by atoms with Gasteiger partial charge in [0.15, 0.2) is 5.76 Å². The minimum absolute atomic E-state index is 0.108. The number of aryl methyl sites for hydroxylation is 1. The van der Waals surface area contributed by atoms with Gasteiger partial charge in [-0.15, -0.1) is 11.3 Å². The number of carboxylic acid groups (broad SMARTS) is 1. The number of carbonyl (C=O) groups is 1. The molecule has 0 bridgehead atoms. The van der Waals surface area contributed by atoms with Crippen LogP contribution in [0, 0.1) is 17.2 Å². The van der Waals surface area contributed by atoms with Crippen LogP contribution < -0.4 is 15.4 Å². The lowest BCUT2D eigenvalue weighted by Gasteiger charge is -2.30. The van der Waals surface area contributed by atoms with Gasteiger partial charge in [0.05, 0.1) is 17.6 Å². The van der Waals surface area contributed by atoms with E-state index in [2.05, 4.69) is 45.0 Å². The van der Waals surface area contributed by atoms with E-state index in [0.717, 1.165) is 88.0 Å². The van der Waals surface area contributed by atoms with E-state index >= 15 is 0 Å². The zero-order valence-electron chi connectivity index (χ0n) is 29.8. The van der Waals surface area contributed by atoms with Crippen molar-refractivity contribution in [2.75, 3.05) is 43.4 Å². The molecule has 0 radical (unpaired) electrons. The Morgan fingerprint density at radius 1 is 1.20 bits per heavy atom. The number of carboxylic acids is 1. The van der Waals surface area contributed by atoms with Crippen molar-refractivity contribution in [1.29, 1.82) is 5.26 Å². The number of nitrogen functional groups attached to an aromatic ring is 1. The topological polar surface area (TPSA) is 194 Å². The Kier molecular flexibility index (Phi) is 11.2. The van der Waals surface area contributed by atoms with Gasteiger partial charge in [-0.2, -0.15) is 10.2 Å². The van der Waals surface area contributed by atoms with E-state index in [-0.39, 0.29) is 12.0 Å². The number of anilines is 2. The zero-order chi connectivity index (χ0) is 36.1. The summed E-state index contributed by atoms with van der Waals surface area (Å²) in [6, 6.07) is 5.91. The maximum absolute atomic E-state index is 11.5. The molecule has 14 nitrogen and oxygen atoms in total. The predicted molar refractivity (Wildman–Crippen MR) is 192 cm³/mol. The number of ether oxygens (including phenoxy) is 1. The van der Waals surface area contributed by atoms with Crippen molar-refractivity contribution in [3.63, 3.8) is 0 Å². The average Bonchev–Trinajstić information content (AvgIpc) is 3.82. The summed E-state index contributed by atoms with van der Waals surface area (Å²) in [6.45, 7) is 12.3. The average molecular weight is 718 g/mol. The van der Waals surface area contributed by atoms with E-state index in [1.54, 1.807) is 18.3 Å². The van der Waals surface area contributed by atoms with Crippen LogP contribution in [0.1, 0.15) is 106 Å². The summed E-state index contributed by atoms with van der Waals surface area (Å²) in [7, 11) is 0. The molecule has 3 N–H and O–H groups in total. The number of hydrogen-bond acceptors (Lipinski definition) is 14. The first-order valence-corrected chi connectivity index (χ1v) is 18.7. The van der Waals surface area contributed by atoms with E-state index in [1.165, 1.54) is 11.3 Å². The van der Waals surface area contributed by atoms with Gasteiger partial charge >= 0.3 is 5.97 Å². The highest BCUT2D eigenvalue weighted by molar-refractivity contribution is 7.16. The van der Waals surface area contributed by atoms with Gasteiger partial charge in [0.25, 0.3) is 5.88 Å². The summed E-state index contributed by atoms with van der Waals surface area (Å²) in [5, 5.41) is 28.1. The molecule has 0 saturated carbocycles. The smallest absolute Gasteiger partial charge is 0.314 e. The first kappa shape index (κ1) is 36.2. The van der Waals surface area contributed by atoms with Crippen molar-refractivity contribution in [1.82, 2.24) is 30.2 Å². The van der Waals surface area contributed by atoms with Crippen molar-refractivity contribution >= 4 is 28.3 Å². The molecule has 0 amide bonds. The van der Waals surface area contributed by atoms with Crippen LogP contribution in [0.2, 0.25) is 0 Å². The number of hydrogen-bond donors (Lipinski definition) is 2. The SMILES string of the molecule is CC(C)C(C(=O)O)c1cc(OCCCCCCN2CCCN(c3nccc(-c4noc([C@@]5(C)CCCc6sc(N)c(C#N)c65)n4)n3)[C@@H](C)C2)no1. The highest BCUT2D eigenvalue weighted by Gasteiger charge is 2.43. The number of rotatable bonds is 14. The third-order valence-electron chi connectivity index (χ3n) is 10.1. The second kappa shape index (κ2) is 15.8. The first-order valence-electron chi connectivity index (χ1n) is 17.9. The van der Waals surface area contributed by atoms with Crippen LogP contribution in [-0.2, 0) is 16.6 Å². The van der Waals surface area contributed by atoms with Crippen LogP contribution in [0.15, 0.2) is 27.4 Å². The monoisotopic (exact) mass is 717 g/mol. The van der Waals surface area contributed by atoms with Crippen LogP contribution in [0.25, 0.3) is 11.5 Å². The van der Waals surface area contributed by atoms with Gasteiger partial charge in [0.2, 0.25) is 17.7 Å². The predicted octanol–water partition coefficient (Wildman–Crippen LogP) is 6.04. The van der Waals surface area contributed by atoms with Gasteiger partial charge in [-0.3, -0.25) is 4.79 Å². The van der Waals surface area contributed by atoms with Crippen LogP contribution in [0.3, 0.4) is 0 Å². The van der Waals surface area contributed by atoms with Gasteiger partial charge in [0, 0.05) is 41.8 Å².